The summed E-state index contributed by atoms with van der Waals surface area (Å²) in [6.45, 7) is 0. The molecule has 0 fully saturated rings. The summed E-state index contributed by atoms with van der Waals surface area (Å²) < 4.78 is 4.34. The van der Waals surface area contributed by atoms with Gasteiger partial charge in [0.15, 0.2) is 0 Å². The first-order valence-corrected chi connectivity index (χ1v) is 21.7. The number of hydrogen-bond acceptors (Lipinski definition) is 0. The van der Waals surface area contributed by atoms with Crippen LogP contribution in [0.25, 0.3) is 98.7 Å². The third-order valence-electron chi connectivity index (χ3n) is 11.3. The predicted octanol–water partition coefficient (Wildman–Crippen LogP) is 11.4. The Balaban J connectivity index is 1.32. The molecule has 1 heterocycles. The van der Waals surface area contributed by atoms with E-state index in [2.05, 4.69) is 205 Å². The van der Waals surface area contributed by atoms with Crippen LogP contribution in [0.5, 0.6) is 0 Å². The Morgan fingerprint density at radius 1 is 0.278 bits per heavy atom. The summed E-state index contributed by atoms with van der Waals surface area (Å²) in [5, 5.41) is 10.2. The fourth-order valence-electron chi connectivity index (χ4n) is 8.99. The molecule has 5 radical (unpaired) electrons. The maximum atomic E-state index is 2.51. The fourth-order valence-corrected chi connectivity index (χ4v) is 12.6. The molecule has 10 aromatic carbocycles. The van der Waals surface area contributed by atoms with Crippen molar-refractivity contribution in [3.05, 3.63) is 188 Å². The van der Waals surface area contributed by atoms with Crippen molar-refractivity contribution in [2.45, 2.75) is 0 Å². The van der Waals surface area contributed by atoms with Gasteiger partial charge in [0, 0.05) is 0 Å². The summed E-state index contributed by atoms with van der Waals surface area (Å²) in [7, 11) is 0. The summed E-state index contributed by atoms with van der Waals surface area (Å²) in [6.07, 6.45) is 0. The monoisotopic (exact) mass is 803 g/mol. The molecule has 247 valence electrons. The summed E-state index contributed by atoms with van der Waals surface area (Å²) in [4.78, 5) is 0. The zero-order chi connectivity index (χ0) is 35.8. The molecule has 1 aliphatic rings. The van der Waals surface area contributed by atoms with Crippen molar-refractivity contribution in [3.63, 3.8) is 0 Å². The molecule has 0 atom stereocenters. The van der Waals surface area contributed by atoms with Crippen molar-refractivity contribution in [3.8, 4) is 55.6 Å². The summed E-state index contributed by atoms with van der Waals surface area (Å²) >= 11 is 1.83. The molecule has 10 aromatic rings. The quantitative estimate of drug-likeness (QED) is 0.123. The Kier molecular flexibility index (Phi) is 7.50. The van der Waals surface area contributed by atoms with Gasteiger partial charge in [-0.25, -0.2) is 0 Å². The van der Waals surface area contributed by atoms with Gasteiger partial charge in [-0.05, 0) is 0 Å². The number of benzene rings is 10. The molecule has 0 saturated carbocycles. The van der Waals surface area contributed by atoms with Gasteiger partial charge in [-0.1, -0.05) is 0 Å². The molecule has 1 aliphatic heterocycles. The van der Waals surface area contributed by atoms with Crippen molar-refractivity contribution in [2.75, 3.05) is 0 Å². The van der Waals surface area contributed by atoms with Gasteiger partial charge in [0.2, 0.25) is 0 Å². The van der Waals surface area contributed by atoms with E-state index in [4.69, 9.17) is 0 Å². The second kappa shape index (κ2) is 12.7. The third kappa shape index (κ3) is 4.90. The molecular weight excluding hydrogens is 770 g/mol. The van der Waals surface area contributed by atoms with Gasteiger partial charge >= 0.3 is 332 Å². The summed E-state index contributed by atoms with van der Waals surface area (Å²) in [5.74, 6) is 0. The Morgan fingerprint density at radius 2 is 0.722 bits per heavy atom. The van der Waals surface area contributed by atoms with E-state index in [-0.39, 0.29) is 0 Å². The Labute approximate surface area is 329 Å². The maximum absolute atomic E-state index is 2.51. The van der Waals surface area contributed by atoms with Crippen LogP contribution in [-0.2, 0) is 0 Å². The van der Waals surface area contributed by atoms with E-state index in [9.17, 15) is 0 Å². The molecule has 0 bridgehead atoms. The topological polar surface area (TPSA) is 0 Å². The van der Waals surface area contributed by atoms with Gasteiger partial charge in [0.1, 0.15) is 0 Å². The van der Waals surface area contributed by atoms with E-state index >= 15 is 0 Å². The zero-order valence-corrected chi connectivity index (χ0v) is 33.6. The van der Waals surface area contributed by atoms with E-state index in [1.54, 1.807) is 0 Å². The molecule has 2 heteroatoms. The normalized spacial score (nSPS) is 12.1. The van der Waals surface area contributed by atoms with Crippen LogP contribution >= 0.6 is 0 Å². The van der Waals surface area contributed by atoms with Gasteiger partial charge in [-0.3, -0.25) is 0 Å². The number of fused-ring (bicyclic) bond motifs is 7. The van der Waals surface area contributed by atoms with Crippen LogP contribution in [0.15, 0.2) is 188 Å². The van der Waals surface area contributed by atoms with E-state index in [1.165, 1.54) is 112 Å². The van der Waals surface area contributed by atoms with E-state index in [0.29, 0.717) is 0 Å². The first-order valence-electron chi connectivity index (χ1n) is 18.5. The van der Waals surface area contributed by atoms with Crippen molar-refractivity contribution in [1.29, 1.82) is 0 Å². The molecule has 0 aromatic heterocycles. The van der Waals surface area contributed by atoms with Gasteiger partial charge in [-0.15, -0.1) is 0 Å². The van der Waals surface area contributed by atoms with Gasteiger partial charge in [0.05, 0.1) is 0 Å². The van der Waals surface area contributed by atoms with Crippen molar-refractivity contribution < 1.29 is 0 Å². The molecule has 0 nitrogen and oxygen atoms in total. The zero-order valence-electron chi connectivity index (χ0n) is 29.4. The Morgan fingerprint density at radius 3 is 1.41 bits per heavy atom. The molecular formula is C52H31Ge2. The molecule has 0 saturated heterocycles. The fraction of sp³-hybridized carbons (Fsp3) is 0. The molecule has 11 rings (SSSR count). The van der Waals surface area contributed by atoms with Gasteiger partial charge in [0.25, 0.3) is 0 Å². The first kappa shape index (κ1) is 31.8. The van der Waals surface area contributed by atoms with Gasteiger partial charge < -0.3 is 0 Å². The molecule has 0 aliphatic carbocycles. The minimum atomic E-state index is -0.392. The predicted molar refractivity (Wildman–Crippen MR) is 234 cm³/mol. The SMILES string of the molecule is [Ge][c]1ccccc1-c1ccccc1-c1cccc2c(-c3c4ccccc4cc4ccccc34)c3cccc(-c4ccc[c]5c4-c4cccc[c]4[Ge]5)c3cc12. The van der Waals surface area contributed by atoms with Gasteiger partial charge in [-0.2, -0.15) is 0 Å². The average Bonchev–Trinajstić information content (AvgIpc) is 3.61. The van der Waals surface area contributed by atoms with E-state index in [0.717, 1.165) is 0 Å². The minimum absolute atomic E-state index is 0.392. The Hall–Kier alpha value is -5.67. The number of hydrogen-bond donors (Lipinski definition) is 0. The standard InChI is InChI=1S/C52H31Ge2/c53-47-27-9-7-20-40(47)37-19-6-5-18-36(37)38-22-11-24-42-45(38)31-46-39(41-26-13-29-49-50(41)44-21-8-10-28-48(44)54-49)23-12-25-43(46)52(42)51-34-16-3-1-14-32(34)30-33-15-2-4-17-35(33)51/h1-31H. The second-order valence-electron chi connectivity index (χ2n) is 14.2. The van der Waals surface area contributed by atoms with E-state index < -0.39 is 15.4 Å². The molecule has 0 N–H and O–H groups in total. The number of rotatable bonds is 4. The molecule has 0 spiro atoms. The Bertz CT molecular complexity index is 3100. The summed E-state index contributed by atoms with van der Waals surface area (Å²) in [6, 6.07) is 70.5. The van der Waals surface area contributed by atoms with Crippen molar-refractivity contribution >= 4 is 88.2 Å². The van der Waals surface area contributed by atoms with Crippen LogP contribution < -0.4 is 13.2 Å². The van der Waals surface area contributed by atoms with Crippen LogP contribution in [0.2, 0.25) is 0 Å². The van der Waals surface area contributed by atoms with Crippen LogP contribution in [0.1, 0.15) is 0 Å². The van der Waals surface area contributed by atoms with Crippen LogP contribution in [0, 0.1) is 0 Å². The van der Waals surface area contributed by atoms with E-state index in [1.807, 2.05) is 0 Å². The second-order valence-corrected chi connectivity index (χ2v) is 18.2. The van der Waals surface area contributed by atoms with Crippen LogP contribution in [0.4, 0.5) is 0 Å². The third-order valence-corrected chi connectivity index (χ3v) is 15.1. The van der Waals surface area contributed by atoms with Crippen LogP contribution in [0.3, 0.4) is 0 Å². The molecule has 54 heavy (non-hydrogen) atoms. The average molecular weight is 801 g/mol. The molecule has 0 amide bonds. The molecule has 0 unspecified atom stereocenters. The summed E-state index contributed by atoms with van der Waals surface area (Å²) in [5.41, 5.74) is 13.1. The first-order chi connectivity index (χ1) is 26.7. The van der Waals surface area contributed by atoms with Crippen molar-refractivity contribution in [2.24, 2.45) is 0 Å². The van der Waals surface area contributed by atoms with Crippen molar-refractivity contribution in [1.82, 2.24) is 0 Å². The van der Waals surface area contributed by atoms with Crippen LogP contribution in [-0.4, -0.2) is 31.9 Å².